The van der Waals surface area contributed by atoms with Crippen LogP contribution >= 0.6 is 11.8 Å². The van der Waals surface area contributed by atoms with E-state index in [9.17, 15) is 9.59 Å². The molecule has 2 amide bonds. The lowest BCUT2D eigenvalue weighted by Gasteiger charge is -2.16. The number of aryl methyl sites for hydroxylation is 2. The van der Waals surface area contributed by atoms with Gasteiger partial charge in [0.05, 0.1) is 12.8 Å². The van der Waals surface area contributed by atoms with Crippen LogP contribution in [0.1, 0.15) is 11.1 Å². The van der Waals surface area contributed by atoms with E-state index in [0.717, 1.165) is 34.3 Å². The predicted molar refractivity (Wildman–Crippen MR) is 96.8 cm³/mol. The summed E-state index contributed by atoms with van der Waals surface area (Å²) in [5, 5.41) is 2.19. The summed E-state index contributed by atoms with van der Waals surface area (Å²) in [4.78, 5) is 26.2. The minimum Gasteiger partial charge on any atom is -0.497 e. The summed E-state index contributed by atoms with van der Waals surface area (Å²) < 4.78 is 5.11. The number of rotatable bonds is 4. The van der Waals surface area contributed by atoms with E-state index in [1.807, 2.05) is 38.1 Å². The van der Waals surface area contributed by atoms with Gasteiger partial charge in [0.25, 0.3) is 11.1 Å². The van der Waals surface area contributed by atoms with Crippen LogP contribution in [-0.4, -0.2) is 23.6 Å². The van der Waals surface area contributed by atoms with Gasteiger partial charge in [-0.05, 0) is 73.1 Å². The number of methoxy groups -OCH3 is 1. The standard InChI is InChI=1S/C18H18N2O3S/c1-11-4-7-14(10-12(11)2)20-17(21)16(24-18(20)22)19-13-5-8-15(23-3)9-6-13/h4-10,16,19H,1-3H3. The Labute approximate surface area is 145 Å². The first-order valence-corrected chi connectivity index (χ1v) is 8.40. The number of thioether (sulfide) groups is 1. The summed E-state index contributed by atoms with van der Waals surface area (Å²) in [6, 6.07) is 12.8. The highest BCUT2D eigenvalue weighted by atomic mass is 32.2. The van der Waals surface area contributed by atoms with E-state index >= 15 is 0 Å². The van der Waals surface area contributed by atoms with E-state index in [1.165, 1.54) is 4.90 Å². The van der Waals surface area contributed by atoms with Crippen LogP contribution in [0.25, 0.3) is 0 Å². The number of nitrogens with one attached hydrogen (secondary N) is 1. The van der Waals surface area contributed by atoms with Gasteiger partial charge < -0.3 is 10.1 Å². The van der Waals surface area contributed by atoms with Crippen molar-refractivity contribution < 1.29 is 14.3 Å². The van der Waals surface area contributed by atoms with E-state index in [2.05, 4.69) is 5.32 Å². The maximum atomic E-state index is 12.6. The van der Waals surface area contributed by atoms with Gasteiger partial charge in [-0.2, -0.15) is 0 Å². The van der Waals surface area contributed by atoms with Crippen LogP contribution < -0.4 is 15.0 Å². The normalized spacial score (nSPS) is 17.3. The molecule has 2 aromatic rings. The Morgan fingerprint density at radius 1 is 1.04 bits per heavy atom. The maximum Gasteiger partial charge on any atom is 0.295 e. The number of anilines is 2. The van der Waals surface area contributed by atoms with Crippen LogP contribution in [0.15, 0.2) is 42.5 Å². The zero-order valence-corrected chi connectivity index (χ0v) is 14.5. The number of hydrogen-bond donors (Lipinski definition) is 1. The molecule has 24 heavy (non-hydrogen) atoms. The molecule has 124 valence electrons. The number of hydrogen-bond acceptors (Lipinski definition) is 5. The largest absolute Gasteiger partial charge is 0.497 e. The molecule has 0 bridgehead atoms. The van der Waals surface area contributed by atoms with Crippen LogP contribution in [-0.2, 0) is 4.79 Å². The van der Waals surface area contributed by atoms with Crippen LogP contribution in [0.4, 0.5) is 16.2 Å². The first-order chi connectivity index (χ1) is 11.5. The molecule has 1 fully saturated rings. The predicted octanol–water partition coefficient (Wildman–Crippen LogP) is 3.95. The number of imide groups is 1. The van der Waals surface area contributed by atoms with E-state index in [-0.39, 0.29) is 11.1 Å². The van der Waals surface area contributed by atoms with E-state index in [1.54, 1.807) is 25.3 Å². The fourth-order valence-electron chi connectivity index (χ4n) is 2.44. The summed E-state index contributed by atoms with van der Waals surface area (Å²) in [5.74, 6) is 0.475. The molecule has 0 aromatic heterocycles. The van der Waals surface area contributed by atoms with Crippen LogP contribution in [0, 0.1) is 13.8 Å². The monoisotopic (exact) mass is 342 g/mol. The zero-order chi connectivity index (χ0) is 17.3. The van der Waals surface area contributed by atoms with Crippen molar-refractivity contribution in [2.75, 3.05) is 17.3 Å². The Hall–Kier alpha value is -2.47. The van der Waals surface area contributed by atoms with Crippen molar-refractivity contribution in [1.29, 1.82) is 0 Å². The third-order valence-electron chi connectivity index (χ3n) is 3.98. The minimum absolute atomic E-state index is 0.260. The molecule has 1 N–H and O–H groups in total. The second-order valence-corrected chi connectivity index (χ2v) is 6.64. The molecular weight excluding hydrogens is 324 g/mol. The zero-order valence-electron chi connectivity index (χ0n) is 13.7. The number of benzene rings is 2. The highest BCUT2D eigenvalue weighted by Crippen LogP contribution is 2.33. The fraction of sp³-hybridized carbons (Fsp3) is 0.222. The SMILES string of the molecule is COc1ccc(NC2SC(=O)N(c3ccc(C)c(C)c3)C2=O)cc1. The Balaban J connectivity index is 1.79. The molecule has 1 saturated heterocycles. The Morgan fingerprint density at radius 3 is 2.38 bits per heavy atom. The average Bonchev–Trinajstić information content (AvgIpc) is 2.85. The van der Waals surface area contributed by atoms with Gasteiger partial charge >= 0.3 is 0 Å². The van der Waals surface area contributed by atoms with Crippen molar-refractivity contribution in [3.63, 3.8) is 0 Å². The van der Waals surface area contributed by atoms with E-state index < -0.39 is 5.37 Å². The summed E-state index contributed by atoms with van der Waals surface area (Å²) in [7, 11) is 1.60. The first kappa shape index (κ1) is 16.4. The van der Waals surface area contributed by atoms with Crippen LogP contribution in [0.3, 0.4) is 0 Å². The molecule has 1 aliphatic rings. The van der Waals surface area contributed by atoms with E-state index in [0.29, 0.717) is 5.69 Å². The molecule has 3 rings (SSSR count). The van der Waals surface area contributed by atoms with Crippen LogP contribution in [0.5, 0.6) is 5.75 Å². The van der Waals surface area contributed by atoms with Crippen molar-refractivity contribution >= 4 is 34.3 Å². The topological polar surface area (TPSA) is 58.6 Å². The quantitative estimate of drug-likeness (QED) is 0.912. The fourth-order valence-corrected chi connectivity index (χ4v) is 3.34. The second-order valence-electron chi connectivity index (χ2n) is 5.58. The van der Waals surface area contributed by atoms with Gasteiger partial charge in [-0.3, -0.25) is 9.59 Å². The number of nitrogens with zero attached hydrogens (tertiary/aromatic N) is 1. The molecule has 5 nitrogen and oxygen atoms in total. The minimum atomic E-state index is -0.632. The molecule has 1 atom stereocenters. The third kappa shape index (κ3) is 3.10. The Kier molecular flexibility index (Phi) is 4.49. The lowest BCUT2D eigenvalue weighted by molar-refractivity contribution is -0.116. The molecule has 1 aliphatic heterocycles. The van der Waals surface area contributed by atoms with Crippen LogP contribution in [0.2, 0.25) is 0 Å². The van der Waals surface area contributed by atoms with Gasteiger partial charge in [0, 0.05) is 5.69 Å². The Morgan fingerprint density at radius 2 is 1.75 bits per heavy atom. The van der Waals surface area contributed by atoms with Crippen molar-refractivity contribution in [3.8, 4) is 5.75 Å². The van der Waals surface area contributed by atoms with Gasteiger partial charge in [-0.25, -0.2) is 4.90 Å². The third-order valence-corrected chi connectivity index (χ3v) is 4.92. The highest BCUT2D eigenvalue weighted by molar-refractivity contribution is 8.16. The molecule has 0 radical (unpaired) electrons. The molecule has 1 unspecified atom stereocenters. The summed E-state index contributed by atoms with van der Waals surface area (Å²) in [6.07, 6.45) is 0. The maximum absolute atomic E-state index is 12.6. The molecule has 6 heteroatoms. The number of carbonyl (C=O) groups excluding carboxylic acids is 2. The van der Waals surface area contributed by atoms with Crippen molar-refractivity contribution in [1.82, 2.24) is 0 Å². The number of carbonyl (C=O) groups is 2. The number of ether oxygens (including phenoxy) is 1. The van der Waals surface area contributed by atoms with Crippen molar-refractivity contribution in [3.05, 3.63) is 53.6 Å². The summed E-state index contributed by atoms with van der Waals surface area (Å²) >= 11 is 0.987. The Bertz CT molecular complexity index is 789. The van der Waals surface area contributed by atoms with Crippen molar-refractivity contribution in [2.24, 2.45) is 0 Å². The summed E-state index contributed by atoms with van der Waals surface area (Å²) in [5.41, 5.74) is 3.54. The van der Waals surface area contributed by atoms with Gasteiger partial charge in [-0.1, -0.05) is 6.07 Å². The molecule has 1 heterocycles. The first-order valence-electron chi connectivity index (χ1n) is 7.52. The van der Waals surface area contributed by atoms with Gasteiger partial charge in [0.15, 0.2) is 5.37 Å². The average molecular weight is 342 g/mol. The van der Waals surface area contributed by atoms with Gasteiger partial charge in [-0.15, -0.1) is 0 Å². The second kappa shape index (κ2) is 6.57. The highest BCUT2D eigenvalue weighted by Gasteiger charge is 2.40. The number of amides is 2. The lowest BCUT2D eigenvalue weighted by atomic mass is 10.1. The van der Waals surface area contributed by atoms with Gasteiger partial charge in [0.2, 0.25) is 0 Å². The smallest absolute Gasteiger partial charge is 0.295 e. The molecule has 0 aliphatic carbocycles. The van der Waals surface area contributed by atoms with Gasteiger partial charge in [0.1, 0.15) is 5.75 Å². The lowest BCUT2D eigenvalue weighted by Crippen LogP contribution is -2.34. The van der Waals surface area contributed by atoms with E-state index in [4.69, 9.17) is 4.74 Å². The molecule has 2 aromatic carbocycles. The van der Waals surface area contributed by atoms with Crippen molar-refractivity contribution in [2.45, 2.75) is 19.2 Å². The summed E-state index contributed by atoms with van der Waals surface area (Å²) in [6.45, 7) is 3.96. The molecule has 0 saturated carbocycles. The molecular formula is C18H18N2O3S. The molecule has 0 spiro atoms.